The maximum absolute atomic E-state index is 5.49. The molecule has 4 rings (SSSR count). The van der Waals surface area contributed by atoms with Crippen molar-refractivity contribution in [3.05, 3.63) is 53.5 Å². The first-order chi connectivity index (χ1) is 12.3. The highest BCUT2D eigenvalue weighted by Gasteiger charge is 2.23. The summed E-state index contributed by atoms with van der Waals surface area (Å²) >= 11 is 1.68. The average molecular weight is 356 g/mol. The Morgan fingerprint density at radius 3 is 2.80 bits per heavy atom. The van der Waals surface area contributed by atoms with E-state index in [4.69, 9.17) is 9.26 Å². The molecule has 6 heteroatoms. The molecule has 25 heavy (non-hydrogen) atoms. The van der Waals surface area contributed by atoms with Crippen molar-refractivity contribution < 1.29 is 14.2 Å². The second-order valence-electron chi connectivity index (χ2n) is 6.25. The van der Waals surface area contributed by atoms with Crippen molar-refractivity contribution >= 4 is 17.0 Å². The van der Waals surface area contributed by atoms with Gasteiger partial charge in [0.15, 0.2) is 5.76 Å². The summed E-state index contributed by atoms with van der Waals surface area (Å²) in [5, 5.41) is 6.30. The van der Waals surface area contributed by atoms with Gasteiger partial charge in [-0.3, -0.25) is 0 Å². The van der Waals surface area contributed by atoms with Crippen LogP contribution in [0, 0.1) is 0 Å². The number of hydrogen-bond donors (Lipinski definition) is 1. The standard InChI is InChI=1S/C19H21N3O2S/c1-23-17-6-3-2-5-16(17)22-10-8-21(9-11-22)14-15-13-18(24-20-15)19-7-4-12-25-19/h2-7,12-13H,8-11,14H2,1H3/p+1. The summed E-state index contributed by atoms with van der Waals surface area (Å²) in [6.07, 6.45) is 0. The first kappa shape index (κ1) is 16.2. The molecule has 1 aliphatic heterocycles. The summed E-state index contributed by atoms with van der Waals surface area (Å²) in [5.74, 6) is 1.82. The number of aromatic nitrogens is 1. The quantitative estimate of drug-likeness (QED) is 0.762. The predicted molar refractivity (Wildman–Crippen MR) is 99.4 cm³/mol. The number of nitrogens with one attached hydrogen (secondary N) is 1. The smallest absolute Gasteiger partial charge is 0.177 e. The van der Waals surface area contributed by atoms with Crippen LogP contribution in [0.5, 0.6) is 5.75 Å². The van der Waals surface area contributed by atoms with Gasteiger partial charge in [0.2, 0.25) is 0 Å². The number of methoxy groups -OCH3 is 1. The fourth-order valence-corrected chi connectivity index (χ4v) is 3.99. The molecule has 0 atom stereocenters. The predicted octanol–water partition coefficient (Wildman–Crippen LogP) is 2.32. The van der Waals surface area contributed by atoms with Crippen LogP contribution in [0.15, 0.2) is 52.4 Å². The first-order valence-electron chi connectivity index (χ1n) is 8.54. The van der Waals surface area contributed by atoms with Gasteiger partial charge in [-0.25, -0.2) is 0 Å². The average Bonchev–Trinajstić information content (AvgIpc) is 3.34. The molecular weight excluding hydrogens is 334 g/mol. The van der Waals surface area contributed by atoms with E-state index in [2.05, 4.69) is 39.7 Å². The van der Waals surface area contributed by atoms with E-state index in [1.54, 1.807) is 18.4 Å². The number of anilines is 1. The highest BCUT2D eigenvalue weighted by atomic mass is 32.1. The van der Waals surface area contributed by atoms with Crippen molar-refractivity contribution in [1.29, 1.82) is 0 Å². The zero-order chi connectivity index (χ0) is 17.1. The number of rotatable bonds is 5. The lowest BCUT2D eigenvalue weighted by Gasteiger charge is -2.33. The summed E-state index contributed by atoms with van der Waals surface area (Å²) < 4.78 is 11.0. The molecule has 3 heterocycles. The highest BCUT2D eigenvalue weighted by Crippen LogP contribution is 2.27. The van der Waals surface area contributed by atoms with Gasteiger partial charge in [-0.2, -0.15) is 0 Å². The second-order valence-corrected chi connectivity index (χ2v) is 7.19. The molecule has 0 aliphatic carbocycles. The molecule has 1 saturated heterocycles. The molecule has 130 valence electrons. The highest BCUT2D eigenvalue weighted by molar-refractivity contribution is 7.13. The Morgan fingerprint density at radius 1 is 1.20 bits per heavy atom. The molecule has 0 spiro atoms. The molecule has 0 bridgehead atoms. The van der Waals surface area contributed by atoms with Crippen LogP contribution in [-0.2, 0) is 6.54 Å². The van der Waals surface area contributed by atoms with Crippen LogP contribution >= 0.6 is 11.3 Å². The van der Waals surface area contributed by atoms with Crippen LogP contribution in [0.1, 0.15) is 5.69 Å². The Hall–Kier alpha value is -2.31. The van der Waals surface area contributed by atoms with E-state index < -0.39 is 0 Å². The van der Waals surface area contributed by atoms with Crippen LogP contribution in [-0.4, -0.2) is 38.4 Å². The van der Waals surface area contributed by atoms with Crippen molar-refractivity contribution in [2.45, 2.75) is 6.54 Å². The van der Waals surface area contributed by atoms with Crippen molar-refractivity contribution in [3.8, 4) is 16.4 Å². The first-order valence-corrected chi connectivity index (χ1v) is 9.42. The number of piperazine rings is 1. The van der Waals surface area contributed by atoms with E-state index in [0.717, 1.165) is 54.8 Å². The van der Waals surface area contributed by atoms with E-state index in [0.29, 0.717) is 0 Å². The lowest BCUT2D eigenvalue weighted by atomic mass is 10.2. The number of para-hydroxylation sites is 2. The molecule has 2 aromatic heterocycles. The molecule has 0 radical (unpaired) electrons. The van der Waals surface area contributed by atoms with Crippen molar-refractivity contribution in [3.63, 3.8) is 0 Å². The molecule has 5 nitrogen and oxygen atoms in total. The zero-order valence-electron chi connectivity index (χ0n) is 14.3. The van der Waals surface area contributed by atoms with Crippen molar-refractivity contribution in [1.82, 2.24) is 5.16 Å². The molecular formula is C19H22N3O2S+. The van der Waals surface area contributed by atoms with Gasteiger partial charge in [0, 0.05) is 6.07 Å². The summed E-state index contributed by atoms with van der Waals surface area (Å²) in [7, 11) is 1.73. The Balaban J connectivity index is 1.36. The van der Waals surface area contributed by atoms with Gasteiger partial charge in [-0.05, 0) is 23.6 Å². The van der Waals surface area contributed by atoms with E-state index in [-0.39, 0.29) is 0 Å². The SMILES string of the molecule is COc1ccccc1N1CC[NH+](Cc2cc(-c3cccs3)on2)CC1. The van der Waals surface area contributed by atoms with Crippen LogP contribution in [0.3, 0.4) is 0 Å². The van der Waals surface area contributed by atoms with E-state index in [1.165, 1.54) is 10.6 Å². The van der Waals surface area contributed by atoms with E-state index in [1.807, 2.05) is 18.2 Å². The molecule has 1 fully saturated rings. The Bertz CT molecular complexity index is 808. The molecule has 0 amide bonds. The number of nitrogens with zero attached hydrogens (tertiary/aromatic N) is 2. The normalized spacial score (nSPS) is 15.5. The summed E-state index contributed by atoms with van der Waals surface area (Å²) in [6, 6.07) is 14.4. The number of ether oxygens (including phenoxy) is 1. The van der Waals surface area contributed by atoms with E-state index in [9.17, 15) is 0 Å². The Kier molecular flexibility index (Phi) is 4.72. The molecule has 3 aromatic rings. The number of benzene rings is 1. The van der Waals surface area contributed by atoms with Gasteiger partial charge in [-0.1, -0.05) is 23.4 Å². The van der Waals surface area contributed by atoms with Crippen LogP contribution in [0.4, 0.5) is 5.69 Å². The van der Waals surface area contributed by atoms with Gasteiger partial charge in [0.05, 0.1) is 43.9 Å². The third-order valence-electron chi connectivity index (χ3n) is 4.65. The van der Waals surface area contributed by atoms with Gasteiger partial charge < -0.3 is 19.1 Å². The van der Waals surface area contributed by atoms with Crippen molar-refractivity contribution in [2.75, 3.05) is 38.2 Å². The van der Waals surface area contributed by atoms with Crippen LogP contribution in [0.2, 0.25) is 0 Å². The minimum Gasteiger partial charge on any atom is -0.495 e. The zero-order valence-corrected chi connectivity index (χ0v) is 15.1. The Morgan fingerprint density at radius 2 is 2.04 bits per heavy atom. The van der Waals surface area contributed by atoms with Crippen LogP contribution < -0.4 is 14.5 Å². The topological polar surface area (TPSA) is 42.9 Å². The van der Waals surface area contributed by atoms with Gasteiger partial charge in [-0.15, -0.1) is 11.3 Å². The second kappa shape index (κ2) is 7.29. The van der Waals surface area contributed by atoms with Gasteiger partial charge in [0.1, 0.15) is 18.0 Å². The molecule has 0 saturated carbocycles. The fourth-order valence-electron chi connectivity index (χ4n) is 3.32. The number of hydrogen-bond acceptors (Lipinski definition) is 5. The molecule has 0 unspecified atom stereocenters. The third-order valence-corrected chi connectivity index (χ3v) is 5.53. The number of thiophene rings is 1. The number of quaternary nitrogens is 1. The Labute approximate surface area is 151 Å². The van der Waals surface area contributed by atoms with Crippen molar-refractivity contribution in [2.24, 2.45) is 0 Å². The van der Waals surface area contributed by atoms with Gasteiger partial charge in [0.25, 0.3) is 0 Å². The minimum absolute atomic E-state index is 0.872. The third kappa shape index (κ3) is 3.55. The molecule has 1 aliphatic rings. The lowest BCUT2D eigenvalue weighted by molar-refractivity contribution is -0.914. The summed E-state index contributed by atoms with van der Waals surface area (Å²) in [5.41, 5.74) is 2.22. The maximum atomic E-state index is 5.49. The summed E-state index contributed by atoms with van der Waals surface area (Å²) in [4.78, 5) is 5.08. The van der Waals surface area contributed by atoms with Gasteiger partial charge >= 0.3 is 0 Å². The van der Waals surface area contributed by atoms with Crippen LogP contribution in [0.25, 0.3) is 10.6 Å². The maximum Gasteiger partial charge on any atom is 0.177 e. The van der Waals surface area contributed by atoms with E-state index >= 15 is 0 Å². The summed E-state index contributed by atoms with van der Waals surface area (Å²) in [6.45, 7) is 5.11. The fraction of sp³-hybridized carbons (Fsp3) is 0.316. The molecule has 1 N–H and O–H groups in total. The lowest BCUT2D eigenvalue weighted by Crippen LogP contribution is -3.13. The monoisotopic (exact) mass is 356 g/mol. The largest absolute Gasteiger partial charge is 0.495 e. The minimum atomic E-state index is 0.872. The molecule has 1 aromatic carbocycles.